The van der Waals surface area contributed by atoms with Gasteiger partial charge in [0.25, 0.3) is 0 Å². The number of carbonyl (C=O) groups is 1. The number of aromatic nitrogens is 2. The number of halogens is 1. The Labute approximate surface area is 140 Å². The Morgan fingerprint density at radius 1 is 1.52 bits per heavy atom. The summed E-state index contributed by atoms with van der Waals surface area (Å²) in [5, 5.41) is 3.69. The van der Waals surface area contributed by atoms with Crippen molar-refractivity contribution in [2.75, 3.05) is 6.61 Å². The van der Waals surface area contributed by atoms with Crippen molar-refractivity contribution in [2.24, 2.45) is 0 Å². The van der Waals surface area contributed by atoms with E-state index in [0.29, 0.717) is 23.8 Å². The Bertz CT molecular complexity index is 699. The molecule has 0 radical (unpaired) electrons. The number of nitrogens with one attached hydrogen (secondary N) is 1. The Kier molecular flexibility index (Phi) is 4.86. The van der Waals surface area contributed by atoms with Crippen LogP contribution < -0.4 is 10.1 Å². The molecule has 2 aromatic rings. The number of ether oxygens (including phenoxy) is 1. The maximum atomic E-state index is 12.2. The number of nitrogens with zero attached hydrogens (tertiary/aromatic N) is 2. The monoisotopic (exact) mass is 333 g/mol. The van der Waals surface area contributed by atoms with Gasteiger partial charge in [-0.3, -0.25) is 4.79 Å². The van der Waals surface area contributed by atoms with Gasteiger partial charge in [-0.25, -0.2) is 4.98 Å². The quantitative estimate of drug-likeness (QED) is 0.913. The lowest BCUT2D eigenvalue weighted by Crippen LogP contribution is -2.32. The second-order valence-electron chi connectivity index (χ2n) is 5.69. The molecule has 0 saturated heterocycles. The predicted molar refractivity (Wildman–Crippen MR) is 88.6 cm³/mol. The fourth-order valence-electron chi connectivity index (χ4n) is 2.85. The molecule has 0 unspecified atom stereocenters. The molecular formula is C17H20ClN3O2. The maximum Gasteiger partial charge on any atom is 0.220 e. The number of hydrogen-bond acceptors (Lipinski definition) is 3. The van der Waals surface area contributed by atoms with Crippen LogP contribution in [0.5, 0.6) is 5.75 Å². The summed E-state index contributed by atoms with van der Waals surface area (Å²) >= 11 is 6.15. The van der Waals surface area contributed by atoms with Crippen LogP contribution in [0.25, 0.3) is 0 Å². The summed E-state index contributed by atoms with van der Waals surface area (Å²) in [6, 6.07) is 5.62. The lowest BCUT2D eigenvalue weighted by molar-refractivity contribution is -0.122. The minimum atomic E-state index is -0.0278. The molecule has 5 nitrogen and oxygen atoms in total. The van der Waals surface area contributed by atoms with Crippen molar-refractivity contribution < 1.29 is 9.53 Å². The van der Waals surface area contributed by atoms with Gasteiger partial charge in [-0.15, -0.1) is 0 Å². The lowest BCUT2D eigenvalue weighted by atomic mass is 10.0. The molecule has 0 spiro atoms. The van der Waals surface area contributed by atoms with Crippen molar-refractivity contribution in [3.05, 3.63) is 47.0 Å². The molecule has 23 heavy (non-hydrogen) atoms. The number of rotatable bonds is 5. The minimum absolute atomic E-state index is 0.0278. The van der Waals surface area contributed by atoms with Gasteiger partial charge in [-0.2, -0.15) is 0 Å². The summed E-state index contributed by atoms with van der Waals surface area (Å²) < 4.78 is 7.67. The second-order valence-corrected chi connectivity index (χ2v) is 6.09. The molecule has 1 atom stereocenters. The van der Waals surface area contributed by atoms with Crippen molar-refractivity contribution in [3.63, 3.8) is 0 Å². The van der Waals surface area contributed by atoms with Crippen LogP contribution in [0.2, 0.25) is 5.02 Å². The van der Waals surface area contributed by atoms with Crippen LogP contribution in [0.15, 0.2) is 30.6 Å². The maximum absolute atomic E-state index is 12.2. The van der Waals surface area contributed by atoms with Crippen LogP contribution in [0.3, 0.4) is 0 Å². The first-order valence-corrected chi connectivity index (χ1v) is 8.21. The topological polar surface area (TPSA) is 56.2 Å². The number of imidazole rings is 1. The number of fused-ring (bicyclic) bond motifs is 1. The van der Waals surface area contributed by atoms with Gasteiger partial charge in [-0.05, 0) is 19.4 Å². The predicted octanol–water partition coefficient (Wildman–Crippen LogP) is 3.27. The average molecular weight is 334 g/mol. The second kappa shape index (κ2) is 7.04. The average Bonchev–Trinajstić information content (AvgIpc) is 2.94. The first kappa shape index (κ1) is 15.9. The van der Waals surface area contributed by atoms with Gasteiger partial charge in [0.05, 0.1) is 17.7 Å². The van der Waals surface area contributed by atoms with E-state index in [9.17, 15) is 4.79 Å². The third-order valence-electron chi connectivity index (χ3n) is 4.09. The van der Waals surface area contributed by atoms with Crippen LogP contribution in [-0.4, -0.2) is 22.1 Å². The van der Waals surface area contributed by atoms with Gasteiger partial charge in [0, 0.05) is 37.3 Å². The Morgan fingerprint density at radius 2 is 2.39 bits per heavy atom. The van der Waals surface area contributed by atoms with Gasteiger partial charge < -0.3 is 14.6 Å². The van der Waals surface area contributed by atoms with E-state index in [1.54, 1.807) is 12.3 Å². The molecule has 0 aliphatic carbocycles. The number of aryl methyl sites for hydroxylation is 2. The number of amides is 1. The zero-order valence-electron chi connectivity index (χ0n) is 13.1. The van der Waals surface area contributed by atoms with Crippen molar-refractivity contribution in [3.8, 4) is 5.75 Å². The Morgan fingerprint density at radius 3 is 3.17 bits per heavy atom. The highest BCUT2D eigenvalue weighted by Crippen LogP contribution is 2.37. The normalized spacial score (nSPS) is 16.5. The summed E-state index contributed by atoms with van der Waals surface area (Å²) in [6.45, 7) is 3.33. The van der Waals surface area contributed by atoms with Crippen LogP contribution in [0.1, 0.15) is 36.7 Å². The zero-order chi connectivity index (χ0) is 16.2. The Balaban J connectivity index is 1.55. The molecule has 6 heteroatoms. The first-order valence-electron chi connectivity index (χ1n) is 7.83. The molecule has 1 aromatic heterocycles. The third kappa shape index (κ3) is 3.67. The van der Waals surface area contributed by atoms with Gasteiger partial charge in [0.15, 0.2) is 0 Å². The molecule has 1 aromatic carbocycles. The summed E-state index contributed by atoms with van der Waals surface area (Å²) in [4.78, 5) is 16.4. The third-order valence-corrected chi connectivity index (χ3v) is 4.39. The molecule has 1 aliphatic heterocycles. The van der Waals surface area contributed by atoms with Crippen LogP contribution in [0, 0.1) is 6.92 Å². The standard InChI is InChI=1S/C17H20ClN3O2/c1-12-19-8-10-21(12)9-3-6-16(22)20-15-7-11-23-17-13(15)4-2-5-14(17)18/h2,4-5,8,10,15H,3,6-7,9,11H2,1H3,(H,20,22)/t15-/m0/s1. The molecule has 0 saturated carbocycles. The van der Waals surface area contributed by atoms with Gasteiger partial charge in [0.1, 0.15) is 11.6 Å². The SMILES string of the molecule is Cc1nccn1CCCC(=O)N[C@H]1CCOc2c(Cl)cccc21. The minimum Gasteiger partial charge on any atom is -0.492 e. The van der Waals surface area contributed by atoms with Crippen molar-refractivity contribution in [2.45, 2.75) is 38.8 Å². The molecule has 0 bridgehead atoms. The van der Waals surface area contributed by atoms with Crippen molar-refractivity contribution in [1.82, 2.24) is 14.9 Å². The summed E-state index contributed by atoms with van der Waals surface area (Å²) in [5.74, 6) is 1.72. The number of para-hydroxylation sites is 1. The van der Waals surface area contributed by atoms with E-state index in [1.165, 1.54) is 0 Å². The molecular weight excluding hydrogens is 314 g/mol. The molecule has 1 aliphatic rings. The highest BCUT2D eigenvalue weighted by Gasteiger charge is 2.24. The summed E-state index contributed by atoms with van der Waals surface area (Å²) in [6.07, 6.45) is 5.75. The van der Waals surface area contributed by atoms with Crippen LogP contribution in [0.4, 0.5) is 0 Å². The summed E-state index contributed by atoms with van der Waals surface area (Å²) in [7, 11) is 0. The smallest absolute Gasteiger partial charge is 0.220 e. The largest absolute Gasteiger partial charge is 0.492 e. The Hall–Kier alpha value is -2.01. The van der Waals surface area contributed by atoms with Crippen molar-refractivity contribution in [1.29, 1.82) is 0 Å². The van der Waals surface area contributed by atoms with E-state index in [-0.39, 0.29) is 11.9 Å². The molecule has 2 heterocycles. The van der Waals surface area contributed by atoms with Gasteiger partial charge in [-0.1, -0.05) is 23.7 Å². The fraction of sp³-hybridized carbons (Fsp3) is 0.412. The highest BCUT2D eigenvalue weighted by atomic mass is 35.5. The van der Waals surface area contributed by atoms with E-state index in [4.69, 9.17) is 16.3 Å². The van der Waals surface area contributed by atoms with E-state index in [0.717, 1.165) is 30.8 Å². The van der Waals surface area contributed by atoms with Gasteiger partial charge in [0.2, 0.25) is 5.91 Å². The van der Waals surface area contributed by atoms with Crippen molar-refractivity contribution >= 4 is 17.5 Å². The van der Waals surface area contributed by atoms with Crippen LogP contribution >= 0.6 is 11.6 Å². The fourth-order valence-corrected chi connectivity index (χ4v) is 3.09. The highest BCUT2D eigenvalue weighted by molar-refractivity contribution is 6.32. The number of hydrogen-bond donors (Lipinski definition) is 1. The lowest BCUT2D eigenvalue weighted by Gasteiger charge is -2.27. The molecule has 3 rings (SSSR count). The van der Waals surface area contributed by atoms with E-state index < -0.39 is 0 Å². The van der Waals surface area contributed by atoms with E-state index in [2.05, 4.69) is 14.9 Å². The van der Waals surface area contributed by atoms with E-state index >= 15 is 0 Å². The molecule has 122 valence electrons. The molecule has 1 N–H and O–H groups in total. The molecule has 1 amide bonds. The van der Waals surface area contributed by atoms with Crippen LogP contribution in [-0.2, 0) is 11.3 Å². The first-order chi connectivity index (χ1) is 11.1. The van der Waals surface area contributed by atoms with E-state index in [1.807, 2.05) is 25.3 Å². The number of benzene rings is 1. The molecule has 0 fully saturated rings. The summed E-state index contributed by atoms with van der Waals surface area (Å²) in [5.41, 5.74) is 0.961. The zero-order valence-corrected chi connectivity index (χ0v) is 13.8. The number of carbonyl (C=O) groups excluding carboxylic acids is 1. The van der Waals surface area contributed by atoms with Gasteiger partial charge >= 0.3 is 0 Å².